The first-order valence-corrected chi connectivity index (χ1v) is 8.22. The van der Waals surface area contributed by atoms with Crippen molar-refractivity contribution in [3.8, 4) is 0 Å². The van der Waals surface area contributed by atoms with Crippen molar-refractivity contribution in [2.24, 2.45) is 17.8 Å². The highest BCUT2D eigenvalue weighted by Gasteiger charge is 2.43. The molecule has 2 atom stereocenters. The molecule has 2 fully saturated rings. The Morgan fingerprint density at radius 3 is 2.62 bits per heavy atom. The number of nitrogens with zero attached hydrogens (tertiary/aromatic N) is 4. The Labute approximate surface area is 139 Å². The maximum Gasteiger partial charge on any atom is 0.407 e. The Kier molecular flexibility index (Phi) is 4.77. The SMILES string of the molecule is O=C(O)N1CCC([C@H]2C[C@@H]2CCNc2ncc([N+](=O)[O-])cn2)CC1. The molecule has 0 unspecified atom stereocenters. The van der Waals surface area contributed by atoms with Crippen LogP contribution in [-0.2, 0) is 0 Å². The Morgan fingerprint density at radius 2 is 2.04 bits per heavy atom. The molecule has 3 rings (SSSR count). The van der Waals surface area contributed by atoms with Gasteiger partial charge in [0.2, 0.25) is 5.95 Å². The predicted octanol–water partition coefficient (Wildman–Crippen LogP) is 2.21. The molecular formula is C15H21N5O4. The minimum absolute atomic E-state index is 0.115. The van der Waals surface area contributed by atoms with Crippen molar-refractivity contribution >= 4 is 17.7 Å². The highest BCUT2D eigenvalue weighted by Crippen LogP contribution is 2.49. The van der Waals surface area contributed by atoms with E-state index in [9.17, 15) is 14.9 Å². The van der Waals surface area contributed by atoms with Gasteiger partial charge in [-0.05, 0) is 43.4 Å². The molecular weight excluding hydrogens is 314 g/mol. The normalized spacial score (nSPS) is 23.8. The summed E-state index contributed by atoms with van der Waals surface area (Å²) in [6.07, 6.45) is 5.74. The summed E-state index contributed by atoms with van der Waals surface area (Å²) in [7, 11) is 0. The lowest BCUT2D eigenvalue weighted by molar-refractivity contribution is -0.385. The number of piperidine rings is 1. The maximum atomic E-state index is 10.9. The summed E-state index contributed by atoms with van der Waals surface area (Å²) >= 11 is 0. The summed E-state index contributed by atoms with van der Waals surface area (Å²) in [5.41, 5.74) is -0.115. The zero-order valence-electron chi connectivity index (χ0n) is 13.3. The molecule has 0 radical (unpaired) electrons. The first-order valence-electron chi connectivity index (χ1n) is 8.22. The van der Waals surface area contributed by atoms with Crippen molar-refractivity contribution < 1.29 is 14.8 Å². The van der Waals surface area contributed by atoms with Gasteiger partial charge in [0.05, 0.1) is 4.92 Å². The Morgan fingerprint density at radius 1 is 1.38 bits per heavy atom. The van der Waals surface area contributed by atoms with E-state index in [1.165, 1.54) is 23.7 Å². The van der Waals surface area contributed by atoms with E-state index in [-0.39, 0.29) is 5.69 Å². The molecule has 2 aliphatic rings. The number of nitro groups is 1. The van der Waals surface area contributed by atoms with E-state index in [1.807, 2.05) is 0 Å². The second-order valence-electron chi connectivity index (χ2n) is 6.50. The van der Waals surface area contributed by atoms with E-state index in [0.29, 0.717) is 36.8 Å². The molecule has 24 heavy (non-hydrogen) atoms. The fraction of sp³-hybridized carbons (Fsp3) is 0.667. The van der Waals surface area contributed by atoms with Crippen LogP contribution in [0.3, 0.4) is 0 Å². The molecule has 130 valence electrons. The zero-order valence-corrected chi connectivity index (χ0v) is 13.3. The van der Waals surface area contributed by atoms with Crippen LogP contribution >= 0.6 is 0 Å². The van der Waals surface area contributed by atoms with E-state index in [1.54, 1.807) is 0 Å². The fourth-order valence-corrected chi connectivity index (χ4v) is 3.58. The van der Waals surface area contributed by atoms with Crippen molar-refractivity contribution in [2.75, 3.05) is 25.0 Å². The smallest absolute Gasteiger partial charge is 0.407 e. The Balaban J connectivity index is 1.36. The van der Waals surface area contributed by atoms with Crippen LogP contribution in [0.1, 0.15) is 25.7 Å². The van der Waals surface area contributed by atoms with Gasteiger partial charge >= 0.3 is 11.8 Å². The number of aromatic nitrogens is 2. The third kappa shape index (κ3) is 3.90. The van der Waals surface area contributed by atoms with Gasteiger partial charge < -0.3 is 15.3 Å². The first-order chi connectivity index (χ1) is 11.5. The van der Waals surface area contributed by atoms with Gasteiger partial charge in [-0.3, -0.25) is 10.1 Å². The van der Waals surface area contributed by atoms with E-state index in [0.717, 1.165) is 25.8 Å². The van der Waals surface area contributed by atoms with Crippen LogP contribution in [0.25, 0.3) is 0 Å². The van der Waals surface area contributed by atoms with Gasteiger partial charge in [0, 0.05) is 19.6 Å². The molecule has 0 bridgehead atoms. The van der Waals surface area contributed by atoms with E-state index >= 15 is 0 Å². The minimum Gasteiger partial charge on any atom is -0.465 e. The lowest BCUT2D eigenvalue weighted by atomic mass is 9.90. The third-order valence-electron chi connectivity index (χ3n) is 5.04. The molecule has 1 aromatic heterocycles. The number of carbonyl (C=O) groups is 1. The monoisotopic (exact) mass is 335 g/mol. The molecule has 1 saturated heterocycles. The van der Waals surface area contributed by atoms with Crippen LogP contribution in [-0.4, -0.2) is 50.6 Å². The van der Waals surface area contributed by atoms with Crippen LogP contribution in [0.5, 0.6) is 0 Å². The number of carboxylic acid groups (broad SMARTS) is 1. The lowest BCUT2D eigenvalue weighted by Gasteiger charge is -2.30. The summed E-state index contributed by atoms with van der Waals surface area (Å²) in [5, 5.41) is 22.6. The second-order valence-corrected chi connectivity index (χ2v) is 6.50. The molecule has 1 aliphatic heterocycles. The van der Waals surface area contributed by atoms with Crippen LogP contribution in [0.15, 0.2) is 12.4 Å². The molecule has 0 spiro atoms. The highest BCUT2D eigenvalue weighted by atomic mass is 16.6. The largest absolute Gasteiger partial charge is 0.465 e. The van der Waals surface area contributed by atoms with Gasteiger partial charge in [-0.2, -0.15) is 0 Å². The summed E-state index contributed by atoms with van der Waals surface area (Å²) in [6, 6.07) is 0. The number of hydrogen-bond donors (Lipinski definition) is 2. The van der Waals surface area contributed by atoms with Crippen molar-refractivity contribution in [3.05, 3.63) is 22.5 Å². The number of hydrogen-bond acceptors (Lipinski definition) is 6. The van der Waals surface area contributed by atoms with E-state index < -0.39 is 11.0 Å². The minimum atomic E-state index is -0.812. The standard InChI is InChI=1S/C15H21N5O4/c21-15(22)19-5-2-10(3-6-19)13-7-11(13)1-4-16-14-17-8-12(9-18-14)20(23)24/h8-11,13H,1-7H2,(H,21,22)(H,16,17,18)/t11-,13+/m0/s1. The summed E-state index contributed by atoms with van der Waals surface area (Å²) in [6.45, 7) is 2.04. The van der Waals surface area contributed by atoms with Crippen LogP contribution in [0.2, 0.25) is 0 Å². The van der Waals surface area contributed by atoms with Crippen molar-refractivity contribution in [1.82, 2.24) is 14.9 Å². The van der Waals surface area contributed by atoms with Crippen molar-refractivity contribution in [3.63, 3.8) is 0 Å². The van der Waals surface area contributed by atoms with Gasteiger partial charge in [-0.25, -0.2) is 14.8 Å². The van der Waals surface area contributed by atoms with E-state index in [2.05, 4.69) is 15.3 Å². The molecule has 9 nitrogen and oxygen atoms in total. The molecule has 9 heteroatoms. The number of amides is 1. The van der Waals surface area contributed by atoms with E-state index in [4.69, 9.17) is 5.11 Å². The number of likely N-dealkylation sites (tertiary alicyclic amines) is 1. The van der Waals surface area contributed by atoms with Gasteiger partial charge in [0.15, 0.2) is 0 Å². The quantitative estimate of drug-likeness (QED) is 0.603. The molecule has 1 saturated carbocycles. The molecule has 1 aromatic rings. The number of anilines is 1. The molecule has 2 heterocycles. The van der Waals surface area contributed by atoms with Crippen LogP contribution < -0.4 is 5.32 Å². The van der Waals surface area contributed by atoms with Crippen LogP contribution in [0, 0.1) is 27.9 Å². The molecule has 2 N–H and O–H groups in total. The van der Waals surface area contributed by atoms with Crippen molar-refractivity contribution in [1.29, 1.82) is 0 Å². The average molecular weight is 335 g/mol. The van der Waals surface area contributed by atoms with Crippen molar-refractivity contribution in [2.45, 2.75) is 25.7 Å². The number of rotatable bonds is 6. The van der Waals surface area contributed by atoms with Gasteiger partial charge in [-0.15, -0.1) is 0 Å². The highest BCUT2D eigenvalue weighted by molar-refractivity contribution is 5.64. The van der Waals surface area contributed by atoms with Crippen LogP contribution in [0.4, 0.5) is 16.4 Å². The van der Waals surface area contributed by atoms with Gasteiger partial charge in [-0.1, -0.05) is 0 Å². The van der Waals surface area contributed by atoms with Gasteiger partial charge in [0.25, 0.3) is 0 Å². The maximum absolute atomic E-state index is 10.9. The fourth-order valence-electron chi connectivity index (χ4n) is 3.58. The Hall–Kier alpha value is -2.45. The molecule has 0 aromatic carbocycles. The van der Waals surface area contributed by atoms with Gasteiger partial charge in [0.1, 0.15) is 12.4 Å². The summed E-state index contributed by atoms with van der Waals surface area (Å²) in [4.78, 5) is 30.3. The summed E-state index contributed by atoms with van der Waals surface area (Å²) < 4.78 is 0. The topological polar surface area (TPSA) is 121 Å². The number of nitrogens with one attached hydrogen (secondary N) is 1. The zero-order chi connectivity index (χ0) is 17.1. The predicted molar refractivity (Wildman–Crippen MR) is 85.7 cm³/mol. The molecule has 1 aliphatic carbocycles. The lowest BCUT2D eigenvalue weighted by Crippen LogP contribution is -2.38. The first kappa shape index (κ1) is 16.4. The average Bonchev–Trinajstić information content (AvgIpc) is 3.35. The summed E-state index contributed by atoms with van der Waals surface area (Å²) in [5.74, 6) is 2.44. The molecule has 1 amide bonds. The third-order valence-corrected chi connectivity index (χ3v) is 5.04. The Bertz CT molecular complexity index is 600. The second kappa shape index (κ2) is 6.98.